The van der Waals surface area contributed by atoms with E-state index in [1.165, 1.54) is 38.3 Å². The zero-order valence-electron chi connectivity index (χ0n) is 11.1. The second-order valence-electron chi connectivity index (χ2n) is 5.54. The number of likely N-dealkylation sites (tertiary alicyclic amines) is 1. The van der Waals surface area contributed by atoms with Gasteiger partial charge in [-0.15, -0.1) is 0 Å². The highest BCUT2D eigenvalue weighted by atomic mass is 16.5. The van der Waals surface area contributed by atoms with Crippen molar-refractivity contribution in [2.75, 3.05) is 39.8 Å². The maximum atomic E-state index is 5.18. The van der Waals surface area contributed by atoms with Crippen LogP contribution in [0.25, 0.3) is 0 Å². The van der Waals surface area contributed by atoms with E-state index in [1.807, 2.05) is 0 Å². The van der Waals surface area contributed by atoms with Crippen molar-refractivity contribution in [3.8, 4) is 5.75 Å². The minimum atomic E-state index is 0.904. The van der Waals surface area contributed by atoms with Crippen molar-refractivity contribution in [1.29, 1.82) is 0 Å². The zero-order valence-corrected chi connectivity index (χ0v) is 11.1. The fourth-order valence-corrected chi connectivity index (χ4v) is 3.21. The largest absolute Gasteiger partial charge is 0.497 e. The van der Waals surface area contributed by atoms with E-state index in [0.717, 1.165) is 24.0 Å². The number of rotatable bonds is 4. The van der Waals surface area contributed by atoms with Crippen LogP contribution in [-0.4, -0.2) is 44.7 Å². The van der Waals surface area contributed by atoms with Gasteiger partial charge in [0.25, 0.3) is 0 Å². The van der Waals surface area contributed by atoms with Crippen LogP contribution in [0.5, 0.6) is 5.75 Å². The SMILES string of the molecule is COc1ccc(CCN2CC3CNCC3C2)cc1. The van der Waals surface area contributed by atoms with Gasteiger partial charge in [0, 0.05) is 19.6 Å². The van der Waals surface area contributed by atoms with Crippen molar-refractivity contribution < 1.29 is 4.74 Å². The van der Waals surface area contributed by atoms with Gasteiger partial charge in [-0.1, -0.05) is 12.1 Å². The molecule has 18 heavy (non-hydrogen) atoms. The summed E-state index contributed by atoms with van der Waals surface area (Å²) in [5.74, 6) is 2.75. The van der Waals surface area contributed by atoms with Crippen LogP contribution in [0.15, 0.2) is 24.3 Å². The van der Waals surface area contributed by atoms with Crippen LogP contribution in [0.4, 0.5) is 0 Å². The third-order valence-corrected chi connectivity index (χ3v) is 4.34. The van der Waals surface area contributed by atoms with Gasteiger partial charge in [0.15, 0.2) is 0 Å². The van der Waals surface area contributed by atoms with Gasteiger partial charge in [0.1, 0.15) is 5.75 Å². The lowest BCUT2D eigenvalue weighted by atomic mass is 10.0. The summed E-state index contributed by atoms with van der Waals surface area (Å²) >= 11 is 0. The van der Waals surface area contributed by atoms with Gasteiger partial charge < -0.3 is 15.0 Å². The lowest BCUT2D eigenvalue weighted by Crippen LogP contribution is -2.27. The summed E-state index contributed by atoms with van der Waals surface area (Å²) in [6, 6.07) is 8.46. The second-order valence-corrected chi connectivity index (χ2v) is 5.54. The average Bonchev–Trinajstić information content (AvgIpc) is 2.97. The van der Waals surface area contributed by atoms with E-state index in [9.17, 15) is 0 Å². The summed E-state index contributed by atoms with van der Waals surface area (Å²) < 4.78 is 5.18. The highest BCUT2D eigenvalue weighted by Crippen LogP contribution is 2.26. The Balaban J connectivity index is 1.49. The normalized spacial score (nSPS) is 27.4. The molecule has 98 valence electrons. The molecule has 0 amide bonds. The molecule has 0 aromatic heterocycles. The summed E-state index contributed by atoms with van der Waals surface area (Å²) in [5.41, 5.74) is 1.41. The van der Waals surface area contributed by atoms with Crippen molar-refractivity contribution in [2.45, 2.75) is 6.42 Å². The Labute approximate surface area is 109 Å². The van der Waals surface area contributed by atoms with Gasteiger partial charge in [-0.05, 0) is 49.0 Å². The van der Waals surface area contributed by atoms with Crippen LogP contribution >= 0.6 is 0 Å². The molecule has 0 bridgehead atoms. The molecule has 2 atom stereocenters. The summed E-state index contributed by atoms with van der Waals surface area (Å²) in [7, 11) is 1.71. The van der Waals surface area contributed by atoms with Crippen LogP contribution < -0.4 is 10.1 Å². The highest BCUT2D eigenvalue weighted by molar-refractivity contribution is 5.27. The van der Waals surface area contributed by atoms with E-state index in [4.69, 9.17) is 4.74 Å². The molecule has 1 aromatic rings. The van der Waals surface area contributed by atoms with E-state index in [-0.39, 0.29) is 0 Å². The molecule has 2 aliphatic rings. The lowest BCUT2D eigenvalue weighted by molar-refractivity contribution is 0.317. The van der Waals surface area contributed by atoms with E-state index in [2.05, 4.69) is 34.5 Å². The first-order valence-corrected chi connectivity index (χ1v) is 6.91. The topological polar surface area (TPSA) is 24.5 Å². The molecule has 2 aliphatic heterocycles. The minimum Gasteiger partial charge on any atom is -0.497 e. The third-order valence-electron chi connectivity index (χ3n) is 4.34. The first kappa shape index (κ1) is 12.0. The van der Waals surface area contributed by atoms with E-state index in [1.54, 1.807) is 7.11 Å². The number of ether oxygens (including phenoxy) is 1. The molecule has 0 aliphatic carbocycles. The Bertz CT molecular complexity index is 378. The van der Waals surface area contributed by atoms with Crippen LogP contribution in [0.2, 0.25) is 0 Å². The molecule has 2 saturated heterocycles. The van der Waals surface area contributed by atoms with Crippen molar-refractivity contribution in [1.82, 2.24) is 10.2 Å². The Morgan fingerprint density at radius 2 is 1.83 bits per heavy atom. The molecular weight excluding hydrogens is 224 g/mol. The number of nitrogens with zero attached hydrogens (tertiary/aromatic N) is 1. The lowest BCUT2D eigenvalue weighted by Gasteiger charge is -2.16. The Kier molecular flexibility index (Phi) is 3.52. The standard InChI is InChI=1S/C15H22N2O/c1-18-15-4-2-12(3-5-15)6-7-17-10-13-8-16-9-14(13)11-17/h2-5,13-14,16H,6-11H2,1H3. The maximum absolute atomic E-state index is 5.18. The number of hydrogen-bond donors (Lipinski definition) is 1. The van der Waals surface area contributed by atoms with Gasteiger partial charge in [-0.3, -0.25) is 0 Å². The van der Waals surface area contributed by atoms with E-state index < -0.39 is 0 Å². The molecule has 0 spiro atoms. The molecule has 1 aromatic carbocycles. The van der Waals surface area contributed by atoms with Gasteiger partial charge in [0.2, 0.25) is 0 Å². The molecule has 3 nitrogen and oxygen atoms in total. The third kappa shape index (κ3) is 2.52. The summed E-state index contributed by atoms with van der Waals surface area (Å²) in [4.78, 5) is 2.63. The first-order chi connectivity index (χ1) is 8.85. The quantitative estimate of drug-likeness (QED) is 0.869. The first-order valence-electron chi connectivity index (χ1n) is 6.91. The monoisotopic (exact) mass is 246 g/mol. The fourth-order valence-electron chi connectivity index (χ4n) is 3.21. The van der Waals surface area contributed by atoms with E-state index >= 15 is 0 Å². The van der Waals surface area contributed by atoms with Crippen LogP contribution in [0.3, 0.4) is 0 Å². The molecule has 0 radical (unpaired) electrons. The molecule has 0 saturated carbocycles. The smallest absolute Gasteiger partial charge is 0.118 e. The van der Waals surface area contributed by atoms with Crippen LogP contribution in [-0.2, 0) is 6.42 Å². The van der Waals surface area contributed by atoms with Crippen LogP contribution in [0, 0.1) is 11.8 Å². The summed E-state index contributed by atoms with van der Waals surface area (Å²) in [6.07, 6.45) is 1.15. The minimum absolute atomic E-state index is 0.904. The van der Waals surface area contributed by atoms with Gasteiger partial charge in [-0.2, -0.15) is 0 Å². The Morgan fingerprint density at radius 3 is 2.44 bits per heavy atom. The van der Waals surface area contributed by atoms with Crippen LogP contribution in [0.1, 0.15) is 5.56 Å². The predicted octanol–water partition coefficient (Wildman–Crippen LogP) is 1.39. The average molecular weight is 246 g/mol. The molecular formula is C15H22N2O. The molecule has 2 heterocycles. The molecule has 1 N–H and O–H groups in total. The summed E-state index contributed by atoms with van der Waals surface area (Å²) in [6.45, 7) is 6.22. The Hall–Kier alpha value is -1.06. The van der Waals surface area contributed by atoms with Crippen molar-refractivity contribution >= 4 is 0 Å². The molecule has 2 fully saturated rings. The molecule has 3 rings (SSSR count). The number of fused-ring (bicyclic) bond motifs is 1. The predicted molar refractivity (Wildman–Crippen MR) is 73.0 cm³/mol. The number of methoxy groups -OCH3 is 1. The van der Waals surface area contributed by atoms with Gasteiger partial charge >= 0.3 is 0 Å². The van der Waals surface area contributed by atoms with Gasteiger partial charge in [0.05, 0.1) is 7.11 Å². The molecule has 3 heteroatoms. The Morgan fingerprint density at radius 1 is 1.17 bits per heavy atom. The van der Waals surface area contributed by atoms with Crippen molar-refractivity contribution in [2.24, 2.45) is 11.8 Å². The second kappa shape index (κ2) is 5.29. The molecule has 2 unspecified atom stereocenters. The number of benzene rings is 1. The summed E-state index contributed by atoms with van der Waals surface area (Å²) in [5, 5.41) is 3.49. The number of nitrogens with one attached hydrogen (secondary N) is 1. The van der Waals surface area contributed by atoms with Gasteiger partial charge in [-0.25, -0.2) is 0 Å². The van der Waals surface area contributed by atoms with Crippen molar-refractivity contribution in [3.63, 3.8) is 0 Å². The fraction of sp³-hybridized carbons (Fsp3) is 0.600. The highest BCUT2D eigenvalue weighted by Gasteiger charge is 2.35. The van der Waals surface area contributed by atoms with Crippen molar-refractivity contribution in [3.05, 3.63) is 29.8 Å². The number of hydrogen-bond acceptors (Lipinski definition) is 3. The zero-order chi connectivity index (χ0) is 12.4. The van der Waals surface area contributed by atoms with E-state index in [0.29, 0.717) is 0 Å². The maximum Gasteiger partial charge on any atom is 0.118 e.